The summed E-state index contributed by atoms with van der Waals surface area (Å²) in [6, 6.07) is 4.48. The molecule has 0 saturated carbocycles. The van der Waals surface area contributed by atoms with Gasteiger partial charge in [-0.2, -0.15) is 0 Å². The highest BCUT2D eigenvalue weighted by atomic mass is 16.3. The van der Waals surface area contributed by atoms with E-state index in [-0.39, 0.29) is 12.6 Å². The van der Waals surface area contributed by atoms with Crippen molar-refractivity contribution in [1.29, 1.82) is 0 Å². The molecule has 0 amide bonds. The Morgan fingerprint density at radius 2 is 2.12 bits per heavy atom. The predicted octanol–water partition coefficient (Wildman–Crippen LogP) is 1.57. The number of pyridine rings is 1. The molecule has 2 atom stereocenters. The van der Waals surface area contributed by atoms with Crippen LogP contribution in [0.1, 0.15) is 32.4 Å². The Morgan fingerprint density at radius 3 is 2.59 bits per heavy atom. The molecule has 0 spiro atoms. The summed E-state index contributed by atoms with van der Waals surface area (Å²) in [6.45, 7) is 7.27. The van der Waals surface area contributed by atoms with Crippen LogP contribution in [0.4, 0.5) is 5.82 Å². The minimum Gasteiger partial charge on any atom is -0.394 e. The number of likely N-dealkylation sites (N-methyl/N-ethyl adjacent to an activating group) is 1. The molecule has 0 aliphatic carbocycles. The highest BCUT2D eigenvalue weighted by Crippen LogP contribution is 2.16. The molecule has 1 rings (SSSR count). The molecular formula is C13H23N3O. The summed E-state index contributed by atoms with van der Waals surface area (Å²) in [7, 11) is 1.94. The third-order valence-electron chi connectivity index (χ3n) is 3.07. The van der Waals surface area contributed by atoms with Gasteiger partial charge in [0.05, 0.1) is 12.6 Å². The number of rotatable bonds is 6. The van der Waals surface area contributed by atoms with E-state index in [2.05, 4.69) is 30.2 Å². The van der Waals surface area contributed by atoms with Gasteiger partial charge in [-0.1, -0.05) is 13.0 Å². The lowest BCUT2D eigenvalue weighted by atomic mass is 10.1. The summed E-state index contributed by atoms with van der Waals surface area (Å²) in [5, 5.41) is 12.5. The Labute approximate surface area is 104 Å². The van der Waals surface area contributed by atoms with Gasteiger partial charge < -0.3 is 15.3 Å². The van der Waals surface area contributed by atoms with Crippen molar-refractivity contribution in [1.82, 2.24) is 10.3 Å². The lowest BCUT2D eigenvalue weighted by Gasteiger charge is -2.24. The molecule has 0 aliphatic rings. The van der Waals surface area contributed by atoms with Gasteiger partial charge in [0.25, 0.3) is 0 Å². The molecule has 0 radical (unpaired) electrons. The van der Waals surface area contributed by atoms with E-state index in [4.69, 9.17) is 5.11 Å². The van der Waals surface area contributed by atoms with Crippen molar-refractivity contribution in [3.8, 4) is 0 Å². The Kier molecular flexibility index (Phi) is 5.38. The molecule has 0 bridgehead atoms. The molecule has 4 nitrogen and oxygen atoms in total. The second-order valence-electron chi connectivity index (χ2n) is 4.37. The topological polar surface area (TPSA) is 48.4 Å². The summed E-state index contributed by atoms with van der Waals surface area (Å²) in [4.78, 5) is 6.40. The fourth-order valence-electron chi connectivity index (χ4n) is 1.63. The Morgan fingerprint density at radius 1 is 1.41 bits per heavy atom. The Balaban J connectivity index is 2.73. The molecule has 2 unspecified atom stereocenters. The van der Waals surface area contributed by atoms with Crippen molar-refractivity contribution in [2.24, 2.45) is 0 Å². The number of nitrogens with one attached hydrogen (secondary N) is 1. The maximum Gasteiger partial charge on any atom is 0.128 e. The molecule has 1 heterocycles. The van der Waals surface area contributed by atoms with E-state index in [1.807, 2.05) is 31.1 Å². The maximum absolute atomic E-state index is 9.10. The first-order valence-corrected chi connectivity index (χ1v) is 6.13. The van der Waals surface area contributed by atoms with Crippen molar-refractivity contribution >= 4 is 5.82 Å². The molecule has 1 aromatic rings. The predicted molar refractivity (Wildman–Crippen MR) is 71.3 cm³/mol. The van der Waals surface area contributed by atoms with Crippen LogP contribution in [0.25, 0.3) is 0 Å². The summed E-state index contributed by atoms with van der Waals surface area (Å²) in [5.41, 5.74) is 1.18. The van der Waals surface area contributed by atoms with Crippen LogP contribution in [-0.4, -0.2) is 36.3 Å². The first-order chi connectivity index (χ1) is 8.10. The lowest BCUT2D eigenvalue weighted by Crippen LogP contribution is -2.32. The SMILES string of the molecule is CCNC(C)c1ccc(N(C)C(C)CO)nc1. The zero-order chi connectivity index (χ0) is 12.8. The summed E-state index contributed by atoms with van der Waals surface area (Å²) < 4.78 is 0. The summed E-state index contributed by atoms with van der Waals surface area (Å²) >= 11 is 0. The second kappa shape index (κ2) is 6.57. The van der Waals surface area contributed by atoms with Crippen LogP contribution in [0.3, 0.4) is 0 Å². The third-order valence-corrected chi connectivity index (χ3v) is 3.07. The summed E-state index contributed by atoms with van der Waals surface area (Å²) in [6.07, 6.45) is 1.89. The van der Waals surface area contributed by atoms with Crippen molar-refractivity contribution in [3.05, 3.63) is 23.9 Å². The maximum atomic E-state index is 9.10. The van der Waals surface area contributed by atoms with Gasteiger partial charge in [0.2, 0.25) is 0 Å². The van der Waals surface area contributed by atoms with Crippen LogP contribution in [0.15, 0.2) is 18.3 Å². The normalized spacial score (nSPS) is 14.4. The zero-order valence-electron chi connectivity index (χ0n) is 11.1. The van der Waals surface area contributed by atoms with Crippen LogP contribution in [-0.2, 0) is 0 Å². The average molecular weight is 237 g/mol. The molecule has 17 heavy (non-hydrogen) atoms. The van der Waals surface area contributed by atoms with Crippen molar-refractivity contribution in [2.75, 3.05) is 25.1 Å². The van der Waals surface area contributed by atoms with Crippen molar-refractivity contribution < 1.29 is 5.11 Å². The first-order valence-electron chi connectivity index (χ1n) is 6.13. The number of nitrogens with zero attached hydrogens (tertiary/aromatic N) is 2. The number of aromatic nitrogens is 1. The van der Waals surface area contributed by atoms with Gasteiger partial charge in [0.1, 0.15) is 5.82 Å². The van der Waals surface area contributed by atoms with Gasteiger partial charge >= 0.3 is 0 Å². The number of aliphatic hydroxyl groups excluding tert-OH is 1. The van der Waals surface area contributed by atoms with Gasteiger partial charge in [-0.25, -0.2) is 4.98 Å². The smallest absolute Gasteiger partial charge is 0.128 e. The highest BCUT2D eigenvalue weighted by molar-refractivity contribution is 5.39. The molecule has 0 saturated heterocycles. The lowest BCUT2D eigenvalue weighted by molar-refractivity contribution is 0.270. The van der Waals surface area contributed by atoms with Crippen LogP contribution >= 0.6 is 0 Å². The van der Waals surface area contributed by atoms with Crippen LogP contribution in [0.2, 0.25) is 0 Å². The van der Waals surface area contributed by atoms with E-state index in [1.54, 1.807) is 0 Å². The second-order valence-corrected chi connectivity index (χ2v) is 4.37. The molecule has 96 valence electrons. The minimum absolute atomic E-state index is 0.0829. The molecule has 2 N–H and O–H groups in total. The standard InChI is InChI=1S/C13H23N3O/c1-5-14-11(3)12-6-7-13(15-8-12)16(4)10(2)9-17/h6-8,10-11,14,17H,5,9H2,1-4H3. The Bertz CT molecular complexity index is 326. The largest absolute Gasteiger partial charge is 0.394 e. The van der Waals surface area contributed by atoms with E-state index < -0.39 is 0 Å². The quantitative estimate of drug-likeness (QED) is 0.788. The van der Waals surface area contributed by atoms with Crippen LogP contribution in [0, 0.1) is 0 Å². The summed E-state index contributed by atoms with van der Waals surface area (Å²) in [5.74, 6) is 0.888. The highest BCUT2D eigenvalue weighted by Gasteiger charge is 2.10. The Hall–Kier alpha value is -1.13. The molecule has 0 fully saturated rings. The first kappa shape index (κ1) is 13.9. The monoisotopic (exact) mass is 237 g/mol. The van der Waals surface area contributed by atoms with Crippen molar-refractivity contribution in [2.45, 2.75) is 32.9 Å². The van der Waals surface area contributed by atoms with Gasteiger partial charge in [0, 0.05) is 19.3 Å². The van der Waals surface area contributed by atoms with E-state index in [1.165, 1.54) is 5.56 Å². The average Bonchev–Trinajstić information content (AvgIpc) is 2.37. The van der Waals surface area contributed by atoms with Crippen LogP contribution in [0.5, 0.6) is 0 Å². The molecule has 4 heteroatoms. The number of aliphatic hydroxyl groups is 1. The number of hydrogen-bond donors (Lipinski definition) is 2. The molecular weight excluding hydrogens is 214 g/mol. The van der Waals surface area contributed by atoms with Gasteiger partial charge in [-0.05, 0) is 32.0 Å². The van der Waals surface area contributed by atoms with Gasteiger partial charge in [0.15, 0.2) is 0 Å². The van der Waals surface area contributed by atoms with Crippen LogP contribution < -0.4 is 10.2 Å². The minimum atomic E-state index is 0.0829. The fourth-order valence-corrected chi connectivity index (χ4v) is 1.63. The van der Waals surface area contributed by atoms with Gasteiger partial charge in [-0.3, -0.25) is 0 Å². The number of anilines is 1. The molecule has 0 aromatic carbocycles. The fraction of sp³-hybridized carbons (Fsp3) is 0.615. The van der Waals surface area contributed by atoms with E-state index >= 15 is 0 Å². The molecule has 0 aliphatic heterocycles. The van der Waals surface area contributed by atoms with Gasteiger partial charge in [-0.15, -0.1) is 0 Å². The van der Waals surface area contributed by atoms with Crippen molar-refractivity contribution in [3.63, 3.8) is 0 Å². The van der Waals surface area contributed by atoms with E-state index in [9.17, 15) is 0 Å². The van der Waals surface area contributed by atoms with E-state index in [0.29, 0.717) is 6.04 Å². The number of hydrogen-bond acceptors (Lipinski definition) is 4. The van der Waals surface area contributed by atoms with E-state index in [0.717, 1.165) is 12.4 Å². The zero-order valence-corrected chi connectivity index (χ0v) is 11.1. The third kappa shape index (κ3) is 3.68. The molecule has 1 aromatic heterocycles.